The summed E-state index contributed by atoms with van der Waals surface area (Å²) in [5.41, 5.74) is 0.00252. The van der Waals surface area contributed by atoms with Crippen LogP contribution in [0.1, 0.15) is 45.4 Å². The molecule has 2 rings (SSSR count). The van der Waals surface area contributed by atoms with Crippen LogP contribution in [-0.2, 0) is 9.59 Å². The van der Waals surface area contributed by atoms with E-state index >= 15 is 0 Å². The highest BCUT2D eigenvalue weighted by molar-refractivity contribution is 6.31. The first-order valence-corrected chi connectivity index (χ1v) is 7.85. The number of carbonyl (C=O) groups is 2. The summed E-state index contributed by atoms with van der Waals surface area (Å²) in [4.78, 5) is 23.4. The van der Waals surface area contributed by atoms with Gasteiger partial charge in [-0.15, -0.1) is 0 Å². The number of hydrogen-bond donors (Lipinski definition) is 3. The highest BCUT2D eigenvalue weighted by Crippen LogP contribution is 2.32. The zero-order chi connectivity index (χ0) is 16.2. The van der Waals surface area contributed by atoms with Gasteiger partial charge in [0.15, 0.2) is 0 Å². The number of hydrogen-bond acceptors (Lipinski definition) is 3. The van der Waals surface area contributed by atoms with Gasteiger partial charge < -0.3 is 15.7 Å². The Hall–Kier alpha value is -1.59. The zero-order valence-corrected chi connectivity index (χ0v) is 13.4. The third-order valence-electron chi connectivity index (χ3n) is 3.84. The van der Waals surface area contributed by atoms with E-state index in [4.69, 9.17) is 11.6 Å². The van der Waals surface area contributed by atoms with E-state index in [-0.39, 0.29) is 18.2 Å². The minimum atomic E-state index is -0.922. The number of benzene rings is 1. The quantitative estimate of drug-likeness (QED) is 0.795. The summed E-state index contributed by atoms with van der Waals surface area (Å²) >= 11 is 5.94. The molecule has 2 amide bonds. The molecule has 0 heterocycles. The van der Waals surface area contributed by atoms with Gasteiger partial charge in [0.25, 0.3) is 0 Å². The lowest BCUT2D eigenvalue weighted by atomic mass is 9.82. The predicted octanol–water partition coefficient (Wildman–Crippen LogP) is 3.32. The Labute approximate surface area is 135 Å². The molecule has 5 nitrogen and oxygen atoms in total. The van der Waals surface area contributed by atoms with Crippen LogP contribution in [0.3, 0.4) is 0 Å². The molecular weight excluding hydrogens is 304 g/mol. The Bertz CT molecular complexity index is 569. The maximum atomic E-state index is 12.2. The summed E-state index contributed by atoms with van der Waals surface area (Å²) in [6.07, 6.45) is 4.34. The molecule has 1 aliphatic rings. The van der Waals surface area contributed by atoms with Crippen LogP contribution in [0.4, 0.5) is 11.4 Å². The first-order chi connectivity index (χ1) is 10.4. The van der Waals surface area contributed by atoms with Gasteiger partial charge >= 0.3 is 0 Å². The molecule has 120 valence electrons. The Morgan fingerprint density at radius 3 is 2.50 bits per heavy atom. The number of halogens is 1. The van der Waals surface area contributed by atoms with Crippen molar-refractivity contribution < 1.29 is 14.7 Å². The first kappa shape index (κ1) is 16.8. The molecule has 0 atom stereocenters. The SMILES string of the molecule is CC(=O)Nc1ccc(Cl)cc1NC(=O)CC1(O)CCCCC1. The Morgan fingerprint density at radius 2 is 1.86 bits per heavy atom. The lowest BCUT2D eigenvalue weighted by molar-refractivity contribution is -0.122. The van der Waals surface area contributed by atoms with Gasteiger partial charge in [0.2, 0.25) is 11.8 Å². The van der Waals surface area contributed by atoms with Crippen molar-refractivity contribution in [1.29, 1.82) is 0 Å². The molecule has 0 aromatic heterocycles. The predicted molar refractivity (Wildman–Crippen MR) is 87.0 cm³/mol. The van der Waals surface area contributed by atoms with Crippen LogP contribution in [0.2, 0.25) is 5.02 Å². The molecule has 1 fully saturated rings. The van der Waals surface area contributed by atoms with Gasteiger partial charge in [-0.05, 0) is 31.0 Å². The van der Waals surface area contributed by atoms with Crippen LogP contribution >= 0.6 is 11.6 Å². The molecule has 0 aliphatic heterocycles. The number of rotatable bonds is 4. The largest absolute Gasteiger partial charge is 0.389 e. The summed E-state index contributed by atoms with van der Waals surface area (Å²) in [6.45, 7) is 1.39. The molecule has 22 heavy (non-hydrogen) atoms. The average Bonchev–Trinajstić information content (AvgIpc) is 2.41. The van der Waals surface area contributed by atoms with Gasteiger partial charge in [0.05, 0.1) is 23.4 Å². The zero-order valence-electron chi connectivity index (χ0n) is 12.6. The lowest BCUT2D eigenvalue weighted by Gasteiger charge is -2.31. The molecule has 0 radical (unpaired) electrons. The average molecular weight is 325 g/mol. The summed E-state index contributed by atoms with van der Waals surface area (Å²) in [5, 5.41) is 16.3. The van der Waals surface area contributed by atoms with E-state index in [0.29, 0.717) is 29.2 Å². The van der Waals surface area contributed by atoms with E-state index in [2.05, 4.69) is 10.6 Å². The van der Waals surface area contributed by atoms with Crippen molar-refractivity contribution in [2.45, 2.75) is 51.0 Å². The molecule has 1 aliphatic carbocycles. The van der Waals surface area contributed by atoms with Crippen molar-refractivity contribution >= 4 is 34.8 Å². The van der Waals surface area contributed by atoms with Gasteiger partial charge in [-0.1, -0.05) is 30.9 Å². The third-order valence-corrected chi connectivity index (χ3v) is 4.08. The summed E-state index contributed by atoms with van der Waals surface area (Å²) in [6, 6.07) is 4.85. The van der Waals surface area contributed by atoms with Gasteiger partial charge in [-0.3, -0.25) is 9.59 Å². The number of aliphatic hydroxyl groups is 1. The number of anilines is 2. The smallest absolute Gasteiger partial charge is 0.227 e. The summed E-state index contributed by atoms with van der Waals surface area (Å²) in [7, 11) is 0. The molecular formula is C16H21ClN2O3. The van der Waals surface area contributed by atoms with Gasteiger partial charge in [-0.2, -0.15) is 0 Å². The van der Waals surface area contributed by atoms with Gasteiger partial charge in [0, 0.05) is 11.9 Å². The van der Waals surface area contributed by atoms with E-state index in [1.165, 1.54) is 6.92 Å². The fourth-order valence-electron chi connectivity index (χ4n) is 2.80. The minimum absolute atomic E-state index is 0.0546. The fourth-order valence-corrected chi connectivity index (χ4v) is 2.97. The number of amides is 2. The van der Waals surface area contributed by atoms with E-state index < -0.39 is 5.60 Å². The minimum Gasteiger partial charge on any atom is -0.389 e. The van der Waals surface area contributed by atoms with Gasteiger partial charge in [-0.25, -0.2) is 0 Å². The number of carbonyl (C=O) groups excluding carboxylic acids is 2. The van der Waals surface area contributed by atoms with Crippen molar-refractivity contribution in [3.05, 3.63) is 23.2 Å². The van der Waals surface area contributed by atoms with E-state index in [1.807, 2.05) is 0 Å². The van der Waals surface area contributed by atoms with Crippen molar-refractivity contribution in [3.8, 4) is 0 Å². The Balaban J connectivity index is 2.07. The van der Waals surface area contributed by atoms with Crippen molar-refractivity contribution in [3.63, 3.8) is 0 Å². The van der Waals surface area contributed by atoms with Crippen LogP contribution in [0.5, 0.6) is 0 Å². The van der Waals surface area contributed by atoms with E-state index in [1.54, 1.807) is 18.2 Å². The van der Waals surface area contributed by atoms with Crippen LogP contribution in [-0.4, -0.2) is 22.5 Å². The van der Waals surface area contributed by atoms with Crippen molar-refractivity contribution in [2.75, 3.05) is 10.6 Å². The highest BCUT2D eigenvalue weighted by atomic mass is 35.5. The van der Waals surface area contributed by atoms with Crippen molar-refractivity contribution in [1.82, 2.24) is 0 Å². The molecule has 0 bridgehead atoms. The Morgan fingerprint density at radius 1 is 1.18 bits per heavy atom. The van der Waals surface area contributed by atoms with Crippen molar-refractivity contribution in [2.24, 2.45) is 0 Å². The van der Waals surface area contributed by atoms with Crippen LogP contribution in [0.15, 0.2) is 18.2 Å². The standard InChI is InChI=1S/C16H21ClN2O3/c1-11(20)18-13-6-5-12(17)9-14(13)19-15(21)10-16(22)7-3-2-4-8-16/h5-6,9,22H,2-4,7-8,10H2,1H3,(H,18,20)(H,19,21). The fraction of sp³-hybridized carbons (Fsp3) is 0.500. The van der Waals surface area contributed by atoms with E-state index in [0.717, 1.165) is 19.3 Å². The Kier molecular flexibility index (Phi) is 5.42. The van der Waals surface area contributed by atoms with Crippen LogP contribution in [0, 0.1) is 0 Å². The molecule has 0 spiro atoms. The summed E-state index contributed by atoms with van der Waals surface area (Å²) in [5.74, 6) is -0.512. The van der Waals surface area contributed by atoms with Gasteiger partial charge in [0.1, 0.15) is 0 Å². The van der Waals surface area contributed by atoms with E-state index in [9.17, 15) is 14.7 Å². The summed E-state index contributed by atoms with van der Waals surface area (Å²) < 4.78 is 0. The molecule has 1 saturated carbocycles. The molecule has 0 unspecified atom stereocenters. The van der Waals surface area contributed by atoms with Crippen LogP contribution in [0.25, 0.3) is 0 Å². The van der Waals surface area contributed by atoms with Crippen LogP contribution < -0.4 is 10.6 Å². The molecule has 0 saturated heterocycles. The first-order valence-electron chi connectivity index (χ1n) is 7.47. The second-order valence-electron chi connectivity index (χ2n) is 5.88. The normalized spacial score (nSPS) is 16.9. The molecule has 1 aromatic rings. The second-order valence-corrected chi connectivity index (χ2v) is 6.32. The number of nitrogens with one attached hydrogen (secondary N) is 2. The molecule has 1 aromatic carbocycles. The molecule has 6 heteroatoms. The third kappa shape index (κ3) is 4.71. The lowest BCUT2D eigenvalue weighted by Crippen LogP contribution is -2.36. The molecule has 3 N–H and O–H groups in total. The maximum Gasteiger partial charge on any atom is 0.227 e. The second kappa shape index (κ2) is 7.11. The highest BCUT2D eigenvalue weighted by Gasteiger charge is 2.31. The topological polar surface area (TPSA) is 78.4 Å². The maximum absolute atomic E-state index is 12.2. The monoisotopic (exact) mass is 324 g/mol.